The lowest BCUT2D eigenvalue weighted by Crippen LogP contribution is -2.39. The average Bonchev–Trinajstić information content (AvgIpc) is 2.79. The fraction of sp³-hybridized carbons (Fsp3) is 0.231. The number of benzene rings is 3. The number of carbonyl (C=O) groups is 2. The Balaban J connectivity index is 1.62. The van der Waals surface area contributed by atoms with Crippen LogP contribution >= 0.6 is 0 Å². The summed E-state index contributed by atoms with van der Waals surface area (Å²) in [7, 11) is 0. The van der Waals surface area contributed by atoms with Gasteiger partial charge in [0.05, 0.1) is 17.0 Å². The molecule has 4 rings (SSSR count). The highest BCUT2D eigenvalue weighted by Gasteiger charge is 2.35. The number of rotatable bonds is 7. The monoisotopic (exact) mass is 447 g/mol. The molecule has 0 aromatic heterocycles. The normalized spacial score (nSPS) is 17.1. The number of hydrogen-bond donors (Lipinski definition) is 3. The highest BCUT2D eigenvalue weighted by Crippen LogP contribution is 2.38. The van der Waals surface area contributed by atoms with Crippen LogP contribution in [0.25, 0.3) is 0 Å². The molecule has 0 saturated carbocycles. The van der Waals surface area contributed by atoms with E-state index in [0.717, 1.165) is 16.7 Å². The van der Waals surface area contributed by atoms with Crippen molar-refractivity contribution in [2.45, 2.75) is 31.3 Å². The van der Waals surface area contributed by atoms with E-state index in [-0.39, 0.29) is 6.42 Å². The number of anilines is 2. The van der Waals surface area contributed by atoms with Crippen LogP contribution in [-0.4, -0.2) is 39.6 Å². The van der Waals surface area contributed by atoms with Gasteiger partial charge in [-0.3, -0.25) is 0 Å². The van der Waals surface area contributed by atoms with Crippen LogP contribution in [0, 0.1) is 0 Å². The molecule has 33 heavy (non-hydrogen) atoms. The van der Waals surface area contributed by atoms with Gasteiger partial charge in [0.1, 0.15) is 5.75 Å². The van der Waals surface area contributed by atoms with Gasteiger partial charge in [-0.2, -0.15) is 0 Å². The third kappa shape index (κ3) is 4.99. The van der Waals surface area contributed by atoms with Gasteiger partial charge in [-0.25, -0.2) is 14.5 Å². The third-order valence-corrected chi connectivity index (χ3v) is 5.90. The Bertz CT molecular complexity index is 1160. The molecular formula is C26H25NO6. The largest absolute Gasteiger partial charge is 0.482 e. The molecule has 7 heteroatoms. The summed E-state index contributed by atoms with van der Waals surface area (Å²) in [5, 5.41) is 30.3. The molecule has 0 spiro atoms. The molecule has 0 bridgehead atoms. The van der Waals surface area contributed by atoms with Crippen molar-refractivity contribution in [3.05, 3.63) is 89.5 Å². The quantitative estimate of drug-likeness (QED) is 0.495. The fourth-order valence-electron chi connectivity index (χ4n) is 4.45. The zero-order valence-electron chi connectivity index (χ0n) is 18.0. The first-order chi connectivity index (χ1) is 15.9. The molecule has 0 aliphatic heterocycles. The Labute approximate surface area is 191 Å². The number of nitrogens with zero attached hydrogens (tertiary/aromatic N) is 1. The Kier molecular flexibility index (Phi) is 6.33. The topological polar surface area (TPSA) is 107 Å². The van der Waals surface area contributed by atoms with Gasteiger partial charge in [-0.15, -0.1) is 0 Å². The zero-order chi connectivity index (χ0) is 23.4. The summed E-state index contributed by atoms with van der Waals surface area (Å²) in [6.45, 7) is -0.418. The van der Waals surface area contributed by atoms with E-state index < -0.39 is 24.3 Å². The van der Waals surface area contributed by atoms with Gasteiger partial charge >= 0.3 is 12.1 Å². The fourth-order valence-corrected chi connectivity index (χ4v) is 4.45. The maximum absolute atomic E-state index is 12.1. The van der Waals surface area contributed by atoms with Crippen molar-refractivity contribution >= 4 is 23.4 Å². The van der Waals surface area contributed by atoms with Crippen LogP contribution in [0.3, 0.4) is 0 Å². The van der Waals surface area contributed by atoms with Crippen LogP contribution in [0.1, 0.15) is 23.1 Å². The number of fused-ring (bicyclic) bond motifs is 1. The SMILES string of the molecule is O=C(O)COc1cccc2c1CC[C@](O)(Cc1ccccc1N(C(=O)O)c1ccccc1)C2. The second-order valence-corrected chi connectivity index (χ2v) is 8.24. The minimum Gasteiger partial charge on any atom is -0.482 e. The summed E-state index contributed by atoms with van der Waals surface area (Å²) in [6, 6.07) is 21.5. The Morgan fingerprint density at radius 3 is 2.39 bits per heavy atom. The first kappa shape index (κ1) is 22.4. The maximum Gasteiger partial charge on any atom is 0.416 e. The molecule has 0 saturated heterocycles. The van der Waals surface area contributed by atoms with E-state index in [1.807, 2.05) is 24.3 Å². The summed E-state index contributed by atoms with van der Waals surface area (Å²) in [4.78, 5) is 24.2. The molecule has 1 atom stereocenters. The highest BCUT2D eigenvalue weighted by molar-refractivity contribution is 5.95. The van der Waals surface area contributed by atoms with Gasteiger partial charge < -0.3 is 20.1 Å². The summed E-state index contributed by atoms with van der Waals surface area (Å²) >= 11 is 0. The Hall–Kier alpha value is -3.84. The van der Waals surface area contributed by atoms with Gasteiger partial charge in [0.25, 0.3) is 0 Å². The van der Waals surface area contributed by atoms with E-state index >= 15 is 0 Å². The maximum atomic E-state index is 12.1. The second-order valence-electron chi connectivity index (χ2n) is 8.24. The van der Waals surface area contributed by atoms with Crippen LogP contribution in [0.4, 0.5) is 16.2 Å². The van der Waals surface area contributed by atoms with Crippen LogP contribution in [0.2, 0.25) is 0 Å². The minimum atomic E-state index is -1.10. The number of hydrogen-bond acceptors (Lipinski definition) is 4. The van der Waals surface area contributed by atoms with Gasteiger partial charge in [0.2, 0.25) is 0 Å². The summed E-state index contributed by atoms with van der Waals surface area (Å²) in [6.07, 6.45) is 0.513. The number of carboxylic acids is 1. The molecule has 3 aromatic rings. The lowest BCUT2D eigenvalue weighted by molar-refractivity contribution is -0.139. The molecular weight excluding hydrogens is 422 g/mol. The summed E-state index contributed by atoms with van der Waals surface area (Å²) in [5.74, 6) is -0.517. The van der Waals surface area contributed by atoms with Crippen LogP contribution in [0.15, 0.2) is 72.8 Å². The van der Waals surface area contributed by atoms with E-state index in [0.29, 0.717) is 36.4 Å². The number of aliphatic hydroxyl groups is 1. The molecule has 1 amide bonds. The molecule has 7 nitrogen and oxygen atoms in total. The molecule has 1 aliphatic carbocycles. The van der Waals surface area contributed by atoms with Crippen LogP contribution in [0.5, 0.6) is 5.75 Å². The summed E-state index contributed by atoms with van der Waals surface area (Å²) in [5.41, 5.74) is 2.51. The van der Waals surface area contributed by atoms with Gasteiger partial charge in [-0.1, -0.05) is 48.5 Å². The third-order valence-electron chi connectivity index (χ3n) is 5.90. The number of amides is 1. The molecule has 3 N–H and O–H groups in total. The van der Waals surface area contributed by atoms with Crippen LogP contribution in [-0.2, 0) is 24.1 Å². The van der Waals surface area contributed by atoms with Gasteiger partial charge in [0.15, 0.2) is 6.61 Å². The van der Waals surface area contributed by atoms with Crippen molar-refractivity contribution in [2.75, 3.05) is 11.5 Å². The van der Waals surface area contributed by atoms with Crippen molar-refractivity contribution in [3.8, 4) is 5.75 Å². The van der Waals surface area contributed by atoms with E-state index in [1.54, 1.807) is 48.5 Å². The van der Waals surface area contributed by atoms with Crippen molar-refractivity contribution in [2.24, 2.45) is 0 Å². The van der Waals surface area contributed by atoms with Crippen molar-refractivity contribution in [3.63, 3.8) is 0 Å². The summed E-state index contributed by atoms with van der Waals surface area (Å²) < 4.78 is 5.43. The van der Waals surface area contributed by atoms with E-state index in [1.165, 1.54) is 4.90 Å². The molecule has 170 valence electrons. The zero-order valence-corrected chi connectivity index (χ0v) is 18.0. The highest BCUT2D eigenvalue weighted by atomic mass is 16.5. The lowest BCUT2D eigenvalue weighted by atomic mass is 9.76. The van der Waals surface area contributed by atoms with E-state index in [4.69, 9.17) is 9.84 Å². The number of aliphatic carboxylic acids is 1. The van der Waals surface area contributed by atoms with Crippen LogP contribution < -0.4 is 9.64 Å². The standard InChI is InChI=1S/C26H25NO6/c28-24(29)17-33-23-12-6-8-18-15-26(32,14-13-21(18)23)16-19-7-4-5-11-22(19)27(25(30)31)20-9-2-1-3-10-20/h1-12,32H,13-17H2,(H,28,29)(H,30,31)/t26-/m1/s1. The molecule has 3 aromatic carbocycles. The van der Waals surface area contributed by atoms with Crippen molar-refractivity contribution in [1.82, 2.24) is 0 Å². The molecule has 1 aliphatic rings. The minimum absolute atomic E-state index is 0.277. The predicted molar refractivity (Wildman–Crippen MR) is 123 cm³/mol. The number of para-hydroxylation sites is 2. The number of ether oxygens (including phenoxy) is 1. The Morgan fingerprint density at radius 1 is 0.939 bits per heavy atom. The molecule has 0 radical (unpaired) electrons. The van der Waals surface area contributed by atoms with E-state index in [2.05, 4.69) is 0 Å². The predicted octanol–water partition coefficient (Wildman–Crippen LogP) is 4.43. The smallest absolute Gasteiger partial charge is 0.416 e. The molecule has 0 heterocycles. The first-order valence-electron chi connectivity index (χ1n) is 10.7. The molecule has 0 unspecified atom stereocenters. The van der Waals surface area contributed by atoms with E-state index in [9.17, 15) is 19.8 Å². The van der Waals surface area contributed by atoms with Crippen molar-refractivity contribution in [1.29, 1.82) is 0 Å². The average molecular weight is 447 g/mol. The Morgan fingerprint density at radius 2 is 1.67 bits per heavy atom. The molecule has 0 fully saturated rings. The van der Waals surface area contributed by atoms with Crippen molar-refractivity contribution < 1.29 is 29.6 Å². The first-order valence-corrected chi connectivity index (χ1v) is 10.7. The van der Waals surface area contributed by atoms with Gasteiger partial charge in [-0.05, 0) is 53.8 Å². The van der Waals surface area contributed by atoms with Gasteiger partial charge in [0, 0.05) is 12.8 Å². The second kappa shape index (κ2) is 9.34. The lowest BCUT2D eigenvalue weighted by Gasteiger charge is -2.35. The number of carboxylic acid groups (broad SMARTS) is 2.